The monoisotopic (exact) mass is 155 g/mol. The Kier molecular flexibility index (Phi) is 3.92. The zero-order chi connectivity index (χ0) is 8.10. The Hall–Kier alpha value is -0.0400. The summed E-state index contributed by atoms with van der Waals surface area (Å²) in [7, 11) is 0. The maximum atomic E-state index is 6.06. The third-order valence-corrected chi connectivity index (χ3v) is 2.99. The number of hydrogen-bond donors (Lipinski definition) is 1. The maximum Gasteiger partial charge on any atom is 0.00670 e. The molecule has 0 unspecified atom stereocenters. The van der Waals surface area contributed by atoms with Gasteiger partial charge in [-0.15, -0.1) is 0 Å². The van der Waals surface area contributed by atoms with Crippen LogP contribution in [0.5, 0.6) is 0 Å². The van der Waals surface area contributed by atoms with Crippen molar-refractivity contribution in [2.45, 2.75) is 57.9 Å². The molecule has 0 aromatic rings. The van der Waals surface area contributed by atoms with Gasteiger partial charge in [-0.2, -0.15) is 0 Å². The minimum Gasteiger partial charge on any atom is -0.327 e. The van der Waals surface area contributed by atoms with Gasteiger partial charge in [0.2, 0.25) is 0 Å². The van der Waals surface area contributed by atoms with E-state index >= 15 is 0 Å². The molecule has 2 atom stereocenters. The Bertz CT molecular complexity index is 101. The fraction of sp³-hybridized carbons (Fsp3) is 1.00. The lowest BCUT2D eigenvalue weighted by molar-refractivity contribution is 0.322. The van der Waals surface area contributed by atoms with E-state index in [0.29, 0.717) is 6.04 Å². The summed E-state index contributed by atoms with van der Waals surface area (Å²) in [5.41, 5.74) is 6.06. The van der Waals surface area contributed by atoms with Crippen LogP contribution in [0, 0.1) is 5.92 Å². The molecule has 2 N–H and O–H groups in total. The van der Waals surface area contributed by atoms with Crippen LogP contribution in [-0.2, 0) is 0 Å². The van der Waals surface area contributed by atoms with Crippen molar-refractivity contribution in [3.63, 3.8) is 0 Å². The van der Waals surface area contributed by atoms with Crippen molar-refractivity contribution in [2.24, 2.45) is 11.7 Å². The zero-order valence-electron chi connectivity index (χ0n) is 7.68. The topological polar surface area (TPSA) is 26.0 Å². The highest BCUT2D eigenvalue weighted by molar-refractivity contribution is 4.73. The van der Waals surface area contributed by atoms with Crippen LogP contribution in [0.3, 0.4) is 0 Å². The summed E-state index contributed by atoms with van der Waals surface area (Å²) in [4.78, 5) is 0. The van der Waals surface area contributed by atoms with E-state index < -0.39 is 0 Å². The van der Waals surface area contributed by atoms with Crippen molar-refractivity contribution in [3.8, 4) is 0 Å². The molecule has 0 aromatic carbocycles. The minimum atomic E-state index is 0.500. The third-order valence-electron chi connectivity index (χ3n) is 2.99. The van der Waals surface area contributed by atoms with Gasteiger partial charge in [-0.05, 0) is 18.8 Å². The normalized spacial score (nSPS) is 34.4. The molecule has 0 saturated heterocycles. The van der Waals surface area contributed by atoms with Gasteiger partial charge in [0.15, 0.2) is 0 Å². The Morgan fingerprint density at radius 1 is 1.09 bits per heavy atom. The maximum absolute atomic E-state index is 6.06. The smallest absolute Gasteiger partial charge is 0.00670 e. The second-order valence-electron chi connectivity index (χ2n) is 3.82. The van der Waals surface area contributed by atoms with Crippen LogP contribution in [-0.4, -0.2) is 6.04 Å². The Balaban J connectivity index is 2.33. The molecule has 0 amide bonds. The van der Waals surface area contributed by atoms with E-state index in [4.69, 9.17) is 5.73 Å². The van der Waals surface area contributed by atoms with E-state index in [2.05, 4.69) is 6.92 Å². The highest BCUT2D eigenvalue weighted by Gasteiger charge is 2.16. The summed E-state index contributed by atoms with van der Waals surface area (Å²) >= 11 is 0. The summed E-state index contributed by atoms with van der Waals surface area (Å²) in [5.74, 6) is 0.815. The van der Waals surface area contributed by atoms with Crippen molar-refractivity contribution in [2.75, 3.05) is 0 Å². The fourth-order valence-electron chi connectivity index (χ4n) is 2.10. The molecular formula is C10H21N. The first-order valence-corrected chi connectivity index (χ1v) is 5.10. The summed E-state index contributed by atoms with van der Waals surface area (Å²) in [6.45, 7) is 2.27. The van der Waals surface area contributed by atoms with Crippen molar-refractivity contribution in [1.29, 1.82) is 0 Å². The first-order chi connectivity index (χ1) is 5.34. The highest BCUT2D eigenvalue weighted by atomic mass is 14.6. The predicted molar refractivity (Wildman–Crippen MR) is 49.5 cm³/mol. The van der Waals surface area contributed by atoms with Gasteiger partial charge in [0.05, 0.1) is 0 Å². The van der Waals surface area contributed by atoms with Crippen LogP contribution in [0.25, 0.3) is 0 Å². The van der Waals surface area contributed by atoms with Crippen LogP contribution in [0.4, 0.5) is 0 Å². The van der Waals surface area contributed by atoms with Gasteiger partial charge < -0.3 is 5.73 Å². The molecule has 1 nitrogen and oxygen atoms in total. The molecule has 0 bridgehead atoms. The van der Waals surface area contributed by atoms with Crippen LogP contribution >= 0.6 is 0 Å². The highest BCUT2D eigenvalue weighted by Crippen LogP contribution is 2.23. The predicted octanol–water partition coefficient (Wildman–Crippen LogP) is 2.69. The lowest BCUT2D eigenvalue weighted by atomic mass is 9.86. The number of nitrogens with two attached hydrogens (primary N) is 1. The Morgan fingerprint density at radius 2 is 1.73 bits per heavy atom. The fourth-order valence-corrected chi connectivity index (χ4v) is 2.10. The summed E-state index contributed by atoms with van der Waals surface area (Å²) in [5, 5.41) is 0. The SMILES string of the molecule is CC[C@@H]1CCCCCC[C@@H]1N. The molecule has 1 rings (SSSR count). The molecule has 0 radical (unpaired) electrons. The summed E-state index contributed by atoms with van der Waals surface area (Å²) in [6, 6.07) is 0.500. The average molecular weight is 155 g/mol. The minimum absolute atomic E-state index is 0.500. The standard InChI is InChI=1S/C10H21N/c1-2-9-7-5-3-4-6-8-10(9)11/h9-10H,2-8,11H2,1H3/t9-,10+/m1/s1. The van der Waals surface area contributed by atoms with Crippen LogP contribution < -0.4 is 5.73 Å². The van der Waals surface area contributed by atoms with E-state index in [1.807, 2.05) is 0 Å². The molecule has 1 aliphatic carbocycles. The lowest BCUT2D eigenvalue weighted by Crippen LogP contribution is -2.30. The quantitative estimate of drug-likeness (QED) is 0.619. The first kappa shape index (κ1) is 9.05. The third kappa shape index (κ3) is 2.82. The van der Waals surface area contributed by atoms with E-state index in [9.17, 15) is 0 Å². The molecule has 0 aromatic heterocycles. The van der Waals surface area contributed by atoms with E-state index in [0.717, 1.165) is 5.92 Å². The van der Waals surface area contributed by atoms with Gasteiger partial charge in [-0.25, -0.2) is 0 Å². The van der Waals surface area contributed by atoms with E-state index in [1.165, 1.54) is 44.9 Å². The molecule has 1 fully saturated rings. The number of rotatable bonds is 1. The van der Waals surface area contributed by atoms with Crippen LogP contribution in [0.15, 0.2) is 0 Å². The summed E-state index contributed by atoms with van der Waals surface area (Å²) < 4.78 is 0. The number of hydrogen-bond acceptors (Lipinski definition) is 1. The van der Waals surface area contributed by atoms with Gasteiger partial charge in [-0.1, -0.05) is 39.0 Å². The van der Waals surface area contributed by atoms with Crippen molar-refractivity contribution in [1.82, 2.24) is 0 Å². The van der Waals surface area contributed by atoms with Crippen molar-refractivity contribution < 1.29 is 0 Å². The van der Waals surface area contributed by atoms with Crippen molar-refractivity contribution in [3.05, 3.63) is 0 Å². The molecule has 1 heteroatoms. The zero-order valence-corrected chi connectivity index (χ0v) is 7.68. The first-order valence-electron chi connectivity index (χ1n) is 5.10. The van der Waals surface area contributed by atoms with Crippen molar-refractivity contribution >= 4 is 0 Å². The second-order valence-corrected chi connectivity index (χ2v) is 3.82. The van der Waals surface area contributed by atoms with Gasteiger partial charge >= 0.3 is 0 Å². The average Bonchev–Trinajstić information content (AvgIpc) is 1.98. The Labute approximate surface area is 70.4 Å². The van der Waals surface area contributed by atoms with Gasteiger partial charge in [-0.3, -0.25) is 0 Å². The van der Waals surface area contributed by atoms with Gasteiger partial charge in [0, 0.05) is 6.04 Å². The second kappa shape index (κ2) is 4.76. The molecule has 1 aliphatic rings. The molecule has 1 saturated carbocycles. The van der Waals surface area contributed by atoms with Crippen LogP contribution in [0.1, 0.15) is 51.9 Å². The van der Waals surface area contributed by atoms with Crippen LogP contribution in [0.2, 0.25) is 0 Å². The Morgan fingerprint density at radius 3 is 2.36 bits per heavy atom. The van der Waals surface area contributed by atoms with E-state index in [-0.39, 0.29) is 0 Å². The van der Waals surface area contributed by atoms with E-state index in [1.54, 1.807) is 0 Å². The van der Waals surface area contributed by atoms with Gasteiger partial charge in [0.1, 0.15) is 0 Å². The van der Waals surface area contributed by atoms with Gasteiger partial charge in [0.25, 0.3) is 0 Å². The molecule has 11 heavy (non-hydrogen) atoms. The molecule has 0 aliphatic heterocycles. The molecule has 0 spiro atoms. The molecule has 66 valence electrons. The molecule has 0 heterocycles. The lowest BCUT2D eigenvalue weighted by Gasteiger charge is -2.24. The largest absolute Gasteiger partial charge is 0.327 e. The summed E-state index contributed by atoms with van der Waals surface area (Å²) in [6.07, 6.45) is 9.52. The molecular weight excluding hydrogens is 134 g/mol.